The Hall–Kier alpha value is -1.29. The molecule has 2 unspecified atom stereocenters. The first-order valence-corrected chi connectivity index (χ1v) is 5.26. The zero-order valence-electron chi connectivity index (χ0n) is 8.81. The summed E-state index contributed by atoms with van der Waals surface area (Å²) in [5, 5.41) is 12.4. The Morgan fingerprint density at radius 2 is 2.47 bits per heavy atom. The normalized spacial score (nSPS) is 26.5. The van der Waals surface area contributed by atoms with Crippen molar-refractivity contribution in [3.8, 4) is 0 Å². The maximum absolute atomic E-state index is 10.9. The second kappa shape index (κ2) is 4.06. The standard InChI is InChI=1S/C11H16N2O2/c1-13-6-2-3-10(13)9-7-8(11(14)15)4-5-12-9/h2-3,6,8-9,12H,4-5,7H2,1H3,(H,14,15). The summed E-state index contributed by atoms with van der Waals surface area (Å²) in [5.41, 5.74) is 1.17. The smallest absolute Gasteiger partial charge is 0.306 e. The van der Waals surface area contributed by atoms with Gasteiger partial charge in [-0.1, -0.05) is 0 Å². The molecule has 2 N–H and O–H groups in total. The fourth-order valence-electron chi connectivity index (χ4n) is 2.20. The SMILES string of the molecule is Cn1cccc1C1CC(C(=O)O)CCN1. The Bertz CT molecular complexity index is 359. The second-order valence-corrected chi connectivity index (χ2v) is 4.11. The van der Waals surface area contributed by atoms with Crippen molar-refractivity contribution in [1.82, 2.24) is 9.88 Å². The molecule has 1 fully saturated rings. The van der Waals surface area contributed by atoms with Gasteiger partial charge in [-0.05, 0) is 31.5 Å². The third kappa shape index (κ3) is 2.04. The molecule has 4 heteroatoms. The minimum atomic E-state index is -0.671. The molecule has 0 saturated carbocycles. The number of aryl methyl sites for hydroxylation is 1. The first-order chi connectivity index (χ1) is 7.18. The Morgan fingerprint density at radius 3 is 3.07 bits per heavy atom. The van der Waals surface area contributed by atoms with Gasteiger partial charge in [0.2, 0.25) is 0 Å². The van der Waals surface area contributed by atoms with E-state index in [-0.39, 0.29) is 12.0 Å². The molecule has 0 aromatic carbocycles. The van der Waals surface area contributed by atoms with Crippen LogP contribution in [0.3, 0.4) is 0 Å². The zero-order valence-corrected chi connectivity index (χ0v) is 8.81. The molecule has 4 nitrogen and oxygen atoms in total. The predicted molar refractivity (Wildman–Crippen MR) is 56.5 cm³/mol. The largest absolute Gasteiger partial charge is 0.481 e. The summed E-state index contributed by atoms with van der Waals surface area (Å²) in [7, 11) is 1.99. The summed E-state index contributed by atoms with van der Waals surface area (Å²) in [6.45, 7) is 0.785. The number of carboxylic acid groups (broad SMARTS) is 1. The third-order valence-electron chi connectivity index (χ3n) is 3.09. The van der Waals surface area contributed by atoms with E-state index in [4.69, 9.17) is 5.11 Å². The average Bonchev–Trinajstić information content (AvgIpc) is 2.64. The van der Waals surface area contributed by atoms with Gasteiger partial charge in [-0.25, -0.2) is 0 Å². The highest BCUT2D eigenvalue weighted by Crippen LogP contribution is 2.27. The minimum absolute atomic E-state index is 0.180. The van der Waals surface area contributed by atoms with Gasteiger partial charge in [-0.3, -0.25) is 4.79 Å². The van der Waals surface area contributed by atoms with Crippen LogP contribution >= 0.6 is 0 Å². The molecule has 2 heterocycles. The Morgan fingerprint density at radius 1 is 1.67 bits per heavy atom. The molecule has 15 heavy (non-hydrogen) atoms. The van der Waals surface area contributed by atoms with E-state index in [1.54, 1.807) is 0 Å². The molecular formula is C11H16N2O2. The monoisotopic (exact) mass is 208 g/mol. The topological polar surface area (TPSA) is 54.3 Å². The maximum Gasteiger partial charge on any atom is 0.306 e. The Labute approximate surface area is 88.9 Å². The van der Waals surface area contributed by atoms with Gasteiger partial charge in [-0.2, -0.15) is 0 Å². The summed E-state index contributed by atoms with van der Waals surface area (Å²) < 4.78 is 2.04. The van der Waals surface area contributed by atoms with Crippen molar-refractivity contribution in [3.63, 3.8) is 0 Å². The van der Waals surface area contributed by atoms with Gasteiger partial charge in [0.25, 0.3) is 0 Å². The Kier molecular flexibility index (Phi) is 2.77. The summed E-state index contributed by atoms with van der Waals surface area (Å²) in [6.07, 6.45) is 3.41. The number of carbonyl (C=O) groups is 1. The van der Waals surface area contributed by atoms with Crippen LogP contribution in [0.5, 0.6) is 0 Å². The van der Waals surface area contributed by atoms with E-state index in [1.165, 1.54) is 5.69 Å². The van der Waals surface area contributed by atoms with Crippen LogP contribution in [-0.2, 0) is 11.8 Å². The molecule has 0 spiro atoms. The molecule has 82 valence electrons. The number of rotatable bonds is 2. The molecule has 1 aliphatic heterocycles. The van der Waals surface area contributed by atoms with Gasteiger partial charge in [0.15, 0.2) is 0 Å². The lowest BCUT2D eigenvalue weighted by Gasteiger charge is -2.28. The molecule has 0 amide bonds. The van der Waals surface area contributed by atoms with E-state index in [2.05, 4.69) is 5.32 Å². The first-order valence-electron chi connectivity index (χ1n) is 5.26. The molecule has 1 aromatic heterocycles. The van der Waals surface area contributed by atoms with Crippen molar-refractivity contribution in [2.75, 3.05) is 6.54 Å². The van der Waals surface area contributed by atoms with E-state index in [9.17, 15) is 4.79 Å². The molecule has 1 aliphatic rings. The van der Waals surface area contributed by atoms with E-state index in [0.29, 0.717) is 6.42 Å². The fraction of sp³-hybridized carbons (Fsp3) is 0.545. The molecule has 0 bridgehead atoms. The summed E-state index contributed by atoms with van der Waals surface area (Å²) in [6, 6.07) is 4.21. The van der Waals surface area contributed by atoms with Crippen molar-refractivity contribution < 1.29 is 9.90 Å². The molecular weight excluding hydrogens is 192 g/mol. The number of carboxylic acids is 1. The molecule has 0 radical (unpaired) electrons. The second-order valence-electron chi connectivity index (χ2n) is 4.11. The molecule has 1 saturated heterocycles. The van der Waals surface area contributed by atoms with Gasteiger partial charge >= 0.3 is 5.97 Å². The van der Waals surface area contributed by atoms with Crippen LogP contribution in [-0.4, -0.2) is 22.2 Å². The highest BCUT2D eigenvalue weighted by Gasteiger charge is 2.28. The number of nitrogens with zero attached hydrogens (tertiary/aromatic N) is 1. The number of aromatic nitrogens is 1. The zero-order chi connectivity index (χ0) is 10.8. The van der Waals surface area contributed by atoms with Crippen LogP contribution in [0.15, 0.2) is 18.3 Å². The van der Waals surface area contributed by atoms with E-state index in [1.807, 2.05) is 29.9 Å². The van der Waals surface area contributed by atoms with Gasteiger partial charge in [-0.15, -0.1) is 0 Å². The maximum atomic E-state index is 10.9. The number of aliphatic carboxylic acids is 1. The van der Waals surface area contributed by atoms with Crippen LogP contribution in [0.2, 0.25) is 0 Å². The van der Waals surface area contributed by atoms with Crippen LogP contribution < -0.4 is 5.32 Å². The predicted octanol–water partition coefficient (Wildman–Crippen LogP) is 1.15. The number of piperidine rings is 1. The van der Waals surface area contributed by atoms with Crippen LogP contribution in [0.25, 0.3) is 0 Å². The first kappa shape index (κ1) is 10.2. The van der Waals surface area contributed by atoms with Gasteiger partial charge in [0.1, 0.15) is 0 Å². The van der Waals surface area contributed by atoms with E-state index in [0.717, 1.165) is 13.0 Å². The average molecular weight is 208 g/mol. The molecule has 0 aliphatic carbocycles. The highest BCUT2D eigenvalue weighted by atomic mass is 16.4. The molecule has 2 rings (SSSR count). The van der Waals surface area contributed by atoms with Crippen LogP contribution in [0.4, 0.5) is 0 Å². The number of hydrogen-bond donors (Lipinski definition) is 2. The van der Waals surface area contributed by atoms with Crippen molar-refractivity contribution in [3.05, 3.63) is 24.0 Å². The van der Waals surface area contributed by atoms with Crippen molar-refractivity contribution >= 4 is 5.97 Å². The van der Waals surface area contributed by atoms with Crippen LogP contribution in [0.1, 0.15) is 24.6 Å². The quantitative estimate of drug-likeness (QED) is 0.766. The highest BCUT2D eigenvalue weighted by molar-refractivity contribution is 5.70. The lowest BCUT2D eigenvalue weighted by Crippen LogP contribution is -2.35. The number of nitrogens with one attached hydrogen (secondary N) is 1. The van der Waals surface area contributed by atoms with E-state index < -0.39 is 5.97 Å². The van der Waals surface area contributed by atoms with Crippen molar-refractivity contribution in [1.29, 1.82) is 0 Å². The van der Waals surface area contributed by atoms with E-state index >= 15 is 0 Å². The summed E-state index contributed by atoms with van der Waals surface area (Å²) >= 11 is 0. The minimum Gasteiger partial charge on any atom is -0.481 e. The summed E-state index contributed by atoms with van der Waals surface area (Å²) in [4.78, 5) is 10.9. The lowest BCUT2D eigenvalue weighted by molar-refractivity contribution is -0.143. The summed E-state index contributed by atoms with van der Waals surface area (Å²) in [5.74, 6) is -0.873. The van der Waals surface area contributed by atoms with Gasteiger partial charge in [0.05, 0.1) is 5.92 Å². The molecule has 1 aromatic rings. The van der Waals surface area contributed by atoms with Gasteiger partial charge in [0, 0.05) is 25.0 Å². The lowest BCUT2D eigenvalue weighted by atomic mass is 9.91. The fourth-order valence-corrected chi connectivity index (χ4v) is 2.20. The Balaban J connectivity index is 2.11. The third-order valence-corrected chi connectivity index (χ3v) is 3.09. The molecule has 2 atom stereocenters. The van der Waals surface area contributed by atoms with Gasteiger partial charge < -0.3 is 15.0 Å². The number of hydrogen-bond acceptors (Lipinski definition) is 2. The van der Waals surface area contributed by atoms with Crippen LogP contribution in [0, 0.1) is 5.92 Å². The van der Waals surface area contributed by atoms with Crippen molar-refractivity contribution in [2.45, 2.75) is 18.9 Å². The van der Waals surface area contributed by atoms with Crippen molar-refractivity contribution in [2.24, 2.45) is 13.0 Å².